The summed E-state index contributed by atoms with van der Waals surface area (Å²) in [7, 11) is 0. The third-order valence-corrected chi connectivity index (χ3v) is 4.01. The molecule has 1 aliphatic rings. The van der Waals surface area contributed by atoms with Crippen molar-refractivity contribution in [2.45, 2.75) is 25.8 Å². The van der Waals surface area contributed by atoms with Crippen molar-refractivity contribution in [3.05, 3.63) is 35.9 Å². The molecule has 0 unspecified atom stereocenters. The molecular formula is C16H20N2O4. The van der Waals surface area contributed by atoms with Crippen molar-refractivity contribution < 1.29 is 19.5 Å². The van der Waals surface area contributed by atoms with E-state index in [1.165, 1.54) is 4.90 Å². The van der Waals surface area contributed by atoms with Crippen LogP contribution >= 0.6 is 0 Å². The van der Waals surface area contributed by atoms with Crippen LogP contribution in [0.4, 0.5) is 0 Å². The number of carbonyl (C=O) groups excluding carboxylic acids is 2. The van der Waals surface area contributed by atoms with E-state index >= 15 is 0 Å². The molecule has 0 heterocycles. The lowest BCUT2D eigenvalue weighted by molar-refractivity contribution is -0.142. The Bertz CT molecular complexity index is 559. The number of nitrogens with two attached hydrogens (primary N) is 1. The maximum atomic E-state index is 12.6. The summed E-state index contributed by atoms with van der Waals surface area (Å²) in [5.74, 6) is -2.44. The normalized spacial score (nSPS) is 20.5. The van der Waals surface area contributed by atoms with Crippen molar-refractivity contribution in [2.75, 3.05) is 6.54 Å². The Hall–Kier alpha value is -2.37. The number of hydrogen-bond donors (Lipinski definition) is 2. The van der Waals surface area contributed by atoms with Gasteiger partial charge in [-0.3, -0.25) is 14.4 Å². The van der Waals surface area contributed by atoms with Crippen LogP contribution in [0.2, 0.25) is 0 Å². The zero-order chi connectivity index (χ0) is 16.1. The van der Waals surface area contributed by atoms with E-state index in [2.05, 4.69) is 0 Å². The van der Waals surface area contributed by atoms with Crippen molar-refractivity contribution in [1.82, 2.24) is 4.90 Å². The smallest absolute Gasteiger partial charge is 0.306 e. The molecule has 1 saturated carbocycles. The van der Waals surface area contributed by atoms with Crippen LogP contribution in [0.1, 0.15) is 24.8 Å². The largest absolute Gasteiger partial charge is 0.481 e. The molecule has 3 N–H and O–H groups in total. The van der Waals surface area contributed by atoms with Gasteiger partial charge in [0.05, 0.1) is 12.5 Å². The molecule has 1 aromatic rings. The summed E-state index contributed by atoms with van der Waals surface area (Å²) in [5, 5.41) is 9.03. The Morgan fingerprint density at radius 1 is 1.14 bits per heavy atom. The molecule has 2 amide bonds. The van der Waals surface area contributed by atoms with Crippen molar-refractivity contribution in [2.24, 2.45) is 17.6 Å². The highest BCUT2D eigenvalue weighted by Gasteiger charge is 2.36. The van der Waals surface area contributed by atoms with Gasteiger partial charge < -0.3 is 15.7 Å². The second kappa shape index (κ2) is 7.06. The van der Waals surface area contributed by atoms with Gasteiger partial charge in [0.2, 0.25) is 11.8 Å². The maximum Gasteiger partial charge on any atom is 0.306 e. The molecule has 2 rings (SSSR count). The number of primary amides is 1. The number of hydrogen-bond acceptors (Lipinski definition) is 3. The fraction of sp³-hybridized carbons (Fsp3) is 0.438. The van der Waals surface area contributed by atoms with Gasteiger partial charge in [-0.2, -0.15) is 0 Å². The van der Waals surface area contributed by atoms with Crippen molar-refractivity contribution in [1.29, 1.82) is 0 Å². The molecular weight excluding hydrogens is 284 g/mol. The second-order valence-corrected chi connectivity index (χ2v) is 5.69. The fourth-order valence-corrected chi connectivity index (χ4v) is 2.89. The van der Waals surface area contributed by atoms with Gasteiger partial charge in [-0.15, -0.1) is 0 Å². The summed E-state index contributed by atoms with van der Waals surface area (Å²) in [4.78, 5) is 36.2. The lowest BCUT2D eigenvalue weighted by Crippen LogP contribution is -2.40. The van der Waals surface area contributed by atoms with Crippen LogP contribution in [0.25, 0.3) is 0 Å². The Morgan fingerprint density at radius 2 is 1.77 bits per heavy atom. The molecule has 1 fully saturated rings. The van der Waals surface area contributed by atoms with Crippen LogP contribution in [0.5, 0.6) is 0 Å². The van der Waals surface area contributed by atoms with Crippen LogP contribution in [-0.2, 0) is 20.9 Å². The van der Waals surface area contributed by atoms with Crippen molar-refractivity contribution >= 4 is 17.8 Å². The van der Waals surface area contributed by atoms with Gasteiger partial charge in [-0.05, 0) is 24.8 Å². The van der Waals surface area contributed by atoms with Gasteiger partial charge in [0.15, 0.2) is 0 Å². The fourth-order valence-electron chi connectivity index (χ4n) is 2.89. The first-order valence-corrected chi connectivity index (χ1v) is 7.31. The number of aliphatic carboxylic acids is 1. The summed E-state index contributed by atoms with van der Waals surface area (Å²) in [6, 6.07) is 9.33. The van der Waals surface area contributed by atoms with Gasteiger partial charge in [-0.25, -0.2) is 0 Å². The number of carboxylic acid groups (broad SMARTS) is 1. The SMILES string of the molecule is NC(=O)CN(Cc1ccccc1)C(=O)[C@@H]1CC[C@H](C(=O)O)C1. The molecule has 1 aromatic carbocycles. The van der Waals surface area contributed by atoms with Crippen molar-refractivity contribution in [3.8, 4) is 0 Å². The average Bonchev–Trinajstić information content (AvgIpc) is 2.96. The van der Waals surface area contributed by atoms with Gasteiger partial charge in [0.1, 0.15) is 0 Å². The van der Waals surface area contributed by atoms with E-state index in [-0.39, 0.29) is 18.4 Å². The highest BCUT2D eigenvalue weighted by atomic mass is 16.4. The van der Waals surface area contributed by atoms with E-state index in [1.54, 1.807) is 0 Å². The standard InChI is InChI=1S/C16H20N2O4/c17-14(19)10-18(9-11-4-2-1-3-5-11)15(20)12-6-7-13(8-12)16(21)22/h1-5,12-13H,6-10H2,(H2,17,19)(H,21,22)/t12-,13+/m1/s1. The zero-order valence-electron chi connectivity index (χ0n) is 12.3. The molecule has 2 atom stereocenters. The van der Waals surface area contributed by atoms with E-state index in [4.69, 9.17) is 10.8 Å². The first-order valence-electron chi connectivity index (χ1n) is 7.31. The van der Waals surface area contributed by atoms with Gasteiger partial charge >= 0.3 is 5.97 Å². The molecule has 0 aliphatic heterocycles. The summed E-state index contributed by atoms with van der Waals surface area (Å²) < 4.78 is 0. The Morgan fingerprint density at radius 3 is 2.32 bits per heavy atom. The van der Waals surface area contributed by atoms with Gasteiger partial charge in [0, 0.05) is 12.5 Å². The van der Waals surface area contributed by atoms with E-state index in [0.717, 1.165) is 5.56 Å². The summed E-state index contributed by atoms with van der Waals surface area (Å²) in [6.45, 7) is 0.152. The molecule has 6 heteroatoms. The highest BCUT2D eigenvalue weighted by molar-refractivity contribution is 5.86. The van der Waals surface area contributed by atoms with Crippen LogP contribution < -0.4 is 5.73 Å². The second-order valence-electron chi connectivity index (χ2n) is 5.69. The zero-order valence-corrected chi connectivity index (χ0v) is 12.3. The van der Waals surface area contributed by atoms with Crippen LogP contribution in [0.3, 0.4) is 0 Å². The summed E-state index contributed by atoms with van der Waals surface area (Å²) in [6.07, 6.45) is 1.37. The Labute approximate surface area is 128 Å². The molecule has 6 nitrogen and oxygen atoms in total. The number of carboxylic acids is 1. The number of benzene rings is 1. The number of amides is 2. The van der Waals surface area contributed by atoms with E-state index in [9.17, 15) is 14.4 Å². The van der Waals surface area contributed by atoms with Crippen LogP contribution in [-0.4, -0.2) is 34.3 Å². The molecule has 1 aliphatic carbocycles. The predicted octanol–water partition coefficient (Wildman–Crippen LogP) is 1.00. The first kappa shape index (κ1) is 16.0. The van der Waals surface area contributed by atoms with Crippen LogP contribution in [0, 0.1) is 11.8 Å². The number of carbonyl (C=O) groups is 3. The van der Waals surface area contributed by atoms with E-state index < -0.39 is 17.8 Å². The predicted molar refractivity (Wildman–Crippen MR) is 79.5 cm³/mol. The Balaban J connectivity index is 2.06. The minimum absolute atomic E-state index is 0.151. The van der Waals surface area contributed by atoms with E-state index in [0.29, 0.717) is 25.8 Å². The Kier molecular flexibility index (Phi) is 5.14. The highest BCUT2D eigenvalue weighted by Crippen LogP contribution is 2.32. The minimum Gasteiger partial charge on any atom is -0.481 e. The third kappa shape index (κ3) is 4.07. The average molecular weight is 304 g/mol. The molecule has 22 heavy (non-hydrogen) atoms. The van der Waals surface area contributed by atoms with E-state index in [1.807, 2.05) is 30.3 Å². The molecule has 0 bridgehead atoms. The molecule has 0 saturated heterocycles. The molecule has 0 spiro atoms. The lowest BCUT2D eigenvalue weighted by atomic mass is 10.0. The monoisotopic (exact) mass is 304 g/mol. The molecule has 0 radical (unpaired) electrons. The van der Waals surface area contributed by atoms with Crippen molar-refractivity contribution in [3.63, 3.8) is 0 Å². The van der Waals surface area contributed by atoms with Crippen LogP contribution in [0.15, 0.2) is 30.3 Å². The summed E-state index contributed by atoms with van der Waals surface area (Å²) >= 11 is 0. The number of rotatable bonds is 6. The topological polar surface area (TPSA) is 101 Å². The summed E-state index contributed by atoms with van der Waals surface area (Å²) in [5.41, 5.74) is 6.14. The lowest BCUT2D eigenvalue weighted by Gasteiger charge is -2.24. The third-order valence-electron chi connectivity index (χ3n) is 4.01. The quantitative estimate of drug-likeness (QED) is 0.818. The first-order chi connectivity index (χ1) is 10.5. The molecule has 0 aromatic heterocycles. The van der Waals surface area contributed by atoms with Gasteiger partial charge in [-0.1, -0.05) is 30.3 Å². The number of nitrogens with zero attached hydrogens (tertiary/aromatic N) is 1. The maximum absolute atomic E-state index is 12.6. The minimum atomic E-state index is -0.861. The molecule has 118 valence electrons. The van der Waals surface area contributed by atoms with Gasteiger partial charge in [0.25, 0.3) is 0 Å².